The van der Waals surface area contributed by atoms with Crippen LogP contribution in [0.3, 0.4) is 0 Å². The van der Waals surface area contributed by atoms with Crippen LogP contribution in [0.5, 0.6) is 5.75 Å². The number of rotatable bonds is 5. The second-order valence-corrected chi connectivity index (χ2v) is 6.57. The molecule has 0 saturated carbocycles. The van der Waals surface area contributed by atoms with E-state index in [-0.39, 0.29) is 0 Å². The van der Waals surface area contributed by atoms with Crippen molar-refractivity contribution in [1.29, 1.82) is 0 Å². The van der Waals surface area contributed by atoms with Crippen molar-refractivity contribution in [3.05, 3.63) is 30.3 Å². The van der Waals surface area contributed by atoms with E-state index in [9.17, 15) is 5.11 Å². The lowest BCUT2D eigenvalue weighted by Gasteiger charge is -2.38. The highest BCUT2D eigenvalue weighted by Gasteiger charge is 2.26. The Bertz CT molecular complexity index is 374. The molecule has 1 fully saturated rings. The molecule has 4 heteroatoms. The average Bonchev–Trinajstić information content (AvgIpc) is 2.43. The van der Waals surface area contributed by atoms with Crippen molar-refractivity contribution in [2.24, 2.45) is 0 Å². The molecule has 1 aliphatic heterocycles. The van der Waals surface area contributed by atoms with Crippen LogP contribution in [0.2, 0.25) is 0 Å². The van der Waals surface area contributed by atoms with Gasteiger partial charge >= 0.3 is 0 Å². The summed E-state index contributed by atoms with van der Waals surface area (Å²) < 4.78 is 5.59. The van der Waals surface area contributed by atoms with Crippen molar-refractivity contribution in [2.75, 3.05) is 25.4 Å². The van der Waals surface area contributed by atoms with E-state index in [1.54, 1.807) is 0 Å². The Balaban J connectivity index is 1.76. The summed E-state index contributed by atoms with van der Waals surface area (Å²) in [6.07, 6.45) is -0.432. The molecular formula is C15H23NO2S. The van der Waals surface area contributed by atoms with E-state index in [0.29, 0.717) is 24.4 Å². The summed E-state index contributed by atoms with van der Waals surface area (Å²) in [6, 6.07) is 10.2. The van der Waals surface area contributed by atoms with Crippen LogP contribution >= 0.6 is 11.8 Å². The fraction of sp³-hybridized carbons (Fsp3) is 0.600. The summed E-state index contributed by atoms with van der Waals surface area (Å²) in [7, 11) is 0. The van der Waals surface area contributed by atoms with E-state index in [2.05, 4.69) is 18.7 Å². The molecule has 1 aromatic rings. The lowest BCUT2D eigenvalue weighted by Crippen LogP contribution is -2.48. The standard InChI is InChI=1S/C15H23NO2S/c1-12-13(2)19-9-8-16(12)10-14(17)11-18-15-6-4-3-5-7-15/h3-7,12-14,17H,8-11H2,1-2H3. The first kappa shape index (κ1) is 14.7. The molecule has 1 saturated heterocycles. The largest absolute Gasteiger partial charge is 0.491 e. The molecule has 0 spiro atoms. The highest BCUT2D eigenvalue weighted by atomic mass is 32.2. The SMILES string of the molecule is CC1SCCN(CC(O)COc2ccccc2)C1C. The maximum Gasteiger partial charge on any atom is 0.119 e. The lowest BCUT2D eigenvalue weighted by atomic mass is 10.2. The third-order valence-corrected chi connectivity index (χ3v) is 4.98. The summed E-state index contributed by atoms with van der Waals surface area (Å²) in [5.74, 6) is 1.97. The molecule has 2 rings (SSSR count). The van der Waals surface area contributed by atoms with E-state index >= 15 is 0 Å². The molecule has 1 N–H and O–H groups in total. The fourth-order valence-corrected chi connectivity index (χ4v) is 3.45. The van der Waals surface area contributed by atoms with E-state index in [1.807, 2.05) is 42.1 Å². The summed E-state index contributed by atoms with van der Waals surface area (Å²) in [5, 5.41) is 10.7. The molecule has 3 unspecified atom stereocenters. The molecule has 0 radical (unpaired) electrons. The van der Waals surface area contributed by atoms with Crippen molar-refractivity contribution in [2.45, 2.75) is 31.2 Å². The molecule has 0 aliphatic carbocycles. The molecule has 19 heavy (non-hydrogen) atoms. The van der Waals surface area contributed by atoms with Gasteiger partial charge in [0.05, 0.1) is 0 Å². The van der Waals surface area contributed by atoms with E-state index in [0.717, 1.165) is 18.0 Å². The first-order valence-electron chi connectivity index (χ1n) is 6.88. The van der Waals surface area contributed by atoms with Gasteiger partial charge in [-0.25, -0.2) is 0 Å². The summed E-state index contributed by atoms with van der Waals surface area (Å²) in [5.41, 5.74) is 0. The Hall–Kier alpha value is -0.710. The summed E-state index contributed by atoms with van der Waals surface area (Å²) in [6.45, 7) is 6.60. The number of benzene rings is 1. The molecule has 0 amide bonds. The van der Waals surface area contributed by atoms with E-state index in [4.69, 9.17) is 4.74 Å². The van der Waals surface area contributed by atoms with Gasteiger partial charge in [0.25, 0.3) is 0 Å². The molecule has 1 aliphatic rings. The molecule has 3 nitrogen and oxygen atoms in total. The number of hydrogen-bond donors (Lipinski definition) is 1. The van der Waals surface area contributed by atoms with Gasteiger partial charge in [-0.2, -0.15) is 11.8 Å². The monoisotopic (exact) mass is 281 g/mol. The molecule has 0 bridgehead atoms. The Kier molecular flexibility index (Phi) is 5.55. The maximum absolute atomic E-state index is 10.1. The van der Waals surface area contributed by atoms with Crippen LogP contribution in [0.15, 0.2) is 30.3 Å². The highest BCUT2D eigenvalue weighted by molar-refractivity contribution is 8.00. The number of thioether (sulfide) groups is 1. The third-order valence-electron chi connectivity index (χ3n) is 3.65. The molecular weight excluding hydrogens is 258 g/mol. The minimum atomic E-state index is -0.432. The topological polar surface area (TPSA) is 32.7 Å². The zero-order chi connectivity index (χ0) is 13.7. The minimum absolute atomic E-state index is 0.356. The summed E-state index contributed by atoms with van der Waals surface area (Å²) >= 11 is 2.01. The Morgan fingerprint density at radius 1 is 1.37 bits per heavy atom. The second-order valence-electron chi connectivity index (χ2n) is 5.09. The van der Waals surface area contributed by atoms with Gasteiger partial charge in [0.1, 0.15) is 18.5 Å². The zero-order valence-corrected chi connectivity index (χ0v) is 12.5. The van der Waals surface area contributed by atoms with Crippen molar-refractivity contribution < 1.29 is 9.84 Å². The quantitative estimate of drug-likeness (QED) is 0.897. The molecule has 0 aromatic heterocycles. The number of hydrogen-bond acceptors (Lipinski definition) is 4. The van der Waals surface area contributed by atoms with Gasteiger partial charge in [0.15, 0.2) is 0 Å². The van der Waals surface area contributed by atoms with Gasteiger partial charge in [-0.3, -0.25) is 4.90 Å². The van der Waals surface area contributed by atoms with Gasteiger partial charge in [-0.05, 0) is 19.1 Å². The van der Waals surface area contributed by atoms with Crippen LogP contribution in [-0.2, 0) is 0 Å². The Morgan fingerprint density at radius 2 is 2.11 bits per heavy atom. The molecule has 106 valence electrons. The normalized spacial score (nSPS) is 26.1. The van der Waals surface area contributed by atoms with Gasteiger partial charge < -0.3 is 9.84 Å². The van der Waals surface area contributed by atoms with Crippen LogP contribution in [-0.4, -0.2) is 52.9 Å². The van der Waals surface area contributed by atoms with Gasteiger partial charge in [-0.15, -0.1) is 0 Å². The van der Waals surface area contributed by atoms with Crippen molar-refractivity contribution in [3.8, 4) is 5.75 Å². The maximum atomic E-state index is 10.1. The fourth-order valence-electron chi connectivity index (χ4n) is 2.29. The second kappa shape index (κ2) is 7.17. The van der Waals surface area contributed by atoms with Crippen LogP contribution in [0.25, 0.3) is 0 Å². The number of ether oxygens (including phenoxy) is 1. The highest BCUT2D eigenvalue weighted by Crippen LogP contribution is 2.24. The van der Waals surface area contributed by atoms with E-state index in [1.165, 1.54) is 0 Å². The molecule has 3 atom stereocenters. The Morgan fingerprint density at radius 3 is 2.84 bits per heavy atom. The predicted molar refractivity (Wildman–Crippen MR) is 80.9 cm³/mol. The van der Waals surface area contributed by atoms with Crippen LogP contribution in [0.1, 0.15) is 13.8 Å². The zero-order valence-electron chi connectivity index (χ0n) is 11.7. The van der Waals surface area contributed by atoms with E-state index < -0.39 is 6.10 Å². The first-order valence-corrected chi connectivity index (χ1v) is 7.93. The average molecular weight is 281 g/mol. The van der Waals surface area contributed by atoms with Gasteiger partial charge in [0.2, 0.25) is 0 Å². The van der Waals surface area contributed by atoms with Gasteiger partial charge in [-0.1, -0.05) is 25.1 Å². The summed E-state index contributed by atoms with van der Waals surface area (Å²) in [4.78, 5) is 2.36. The predicted octanol–water partition coefficient (Wildman–Crippen LogP) is 2.25. The van der Waals surface area contributed by atoms with Crippen molar-refractivity contribution >= 4 is 11.8 Å². The molecule has 1 heterocycles. The van der Waals surface area contributed by atoms with Crippen LogP contribution < -0.4 is 4.74 Å². The lowest BCUT2D eigenvalue weighted by molar-refractivity contribution is 0.0561. The first-order chi connectivity index (χ1) is 9.16. The third kappa shape index (κ3) is 4.41. The Labute approximate surface area is 120 Å². The van der Waals surface area contributed by atoms with Gasteiger partial charge in [0, 0.05) is 30.1 Å². The van der Waals surface area contributed by atoms with Crippen molar-refractivity contribution in [1.82, 2.24) is 4.90 Å². The number of nitrogens with zero attached hydrogens (tertiary/aromatic N) is 1. The number of para-hydroxylation sites is 1. The van der Waals surface area contributed by atoms with Crippen LogP contribution in [0.4, 0.5) is 0 Å². The number of aliphatic hydroxyl groups is 1. The molecule has 1 aromatic carbocycles. The van der Waals surface area contributed by atoms with Crippen molar-refractivity contribution in [3.63, 3.8) is 0 Å². The number of aliphatic hydroxyl groups excluding tert-OH is 1. The minimum Gasteiger partial charge on any atom is -0.491 e. The smallest absolute Gasteiger partial charge is 0.119 e. The van der Waals surface area contributed by atoms with Crippen LogP contribution in [0, 0.1) is 0 Å². The number of β-amino-alcohol motifs (C(OH)–C–C–N with tert-alkyl or cyclic N) is 1.